The summed E-state index contributed by atoms with van der Waals surface area (Å²) in [5.41, 5.74) is 22.0. The Morgan fingerprint density at radius 1 is 0.791 bits per heavy atom. The molecule has 3 aromatic rings. The van der Waals surface area contributed by atoms with Gasteiger partial charge in [0.05, 0.1) is 14.2 Å². The van der Waals surface area contributed by atoms with E-state index in [1.165, 1.54) is 40.2 Å². The van der Waals surface area contributed by atoms with Gasteiger partial charge >= 0.3 is 304 Å². The van der Waals surface area contributed by atoms with Gasteiger partial charge in [0.15, 0.2) is 0 Å². The van der Waals surface area contributed by atoms with Gasteiger partial charge in [-0.2, -0.15) is 0 Å². The summed E-state index contributed by atoms with van der Waals surface area (Å²) >= 11 is 1.32. The van der Waals surface area contributed by atoms with Crippen LogP contribution < -0.4 is 31.6 Å². The minimum absolute atomic E-state index is 0.0589. The van der Waals surface area contributed by atoms with Crippen LogP contribution in [0.4, 0.5) is 0 Å². The summed E-state index contributed by atoms with van der Waals surface area (Å²) < 4.78 is 32.7. The van der Waals surface area contributed by atoms with Crippen LogP contribution >= 0.6 is 11.3 Å². The fourth-order valence-corrected chi connectivity index (χ4v) is 9.60. The Labute approximate surface area is 402 Å². The molecule has 67 heavy (non-hydrogen) atoms. The number of likely N-dealkylation sites (N-methyl/N-ethyl adjacent to an activating group) is 1. The van der Waals surface area contributed by atoms with Crippen molar-refractivity contribution in [3.05, 3.63) is 73.2 Å². The first kappa shape index (κ1) is 54.6. The number of hydrogen-bond donors (Lipinski definition) is 4. The molecule has 2 fully saturated rings. The quantitative estimate of drug-likeness (QED) is 0.0407. The number of hydroxylamine groups is 2. The van der Waals surface area contributed by atoms with E-state index < -0.39 is 12.1 Å². The van der Waals surface area contributed by atoms with Gasteiger partial charge in [0.25, 0.3) is 0 Å². The van der Waals surface area contributed by atoms with Gasteiger partial charge in [0, 0.05) is 0 Å². The van der Waals surface area contributed by atoms with E-state index >= 15 is 0 Å². The molecule has 0 bridgehead atoms. The van der Waals surface area contributed by atoms with E-state index in [1.807, 2.05) is 12.1 Å². The number of nitrogens with one attached hydrogen (secondary N) is 2. The number of amides is 1. The summed E-state index contributed by atoms with van der Waals surface area (Å²) in [5, 5.41) is 9.56. The van der Waals surface area contributed by atoms with E-state index in [9.17, 15) is 19.0 Å². The van der Waals surface area contributed by atoms with Crippen molar-refractivity contribution in [2.24, 2.45) is 33.3 Å². The zero-order chi connectivity index (χ0) is 49.2. The third-order valence-electron chi connectivity index (χ3n) is 13.2. The molecule has 2 saturated heterocycles. The maximum atomic E-state index is 12.9. The average molecular weight is 943 g/mol. The maximum absolute atomic E-state index is 12.9. The first-order chi connectivity index (χ1) is 32.1. The molecule has 1 amide bonds. The number of nitrogens with two attached hydrogens (primary N) is 2. The number of hydrogen-bond acceptors (Lipinski definition) is 13. The van der Waals surface area contributed by atoms with Crippen molar-refractivity contribution in [1.82, 2.24) is 30.5 Å². The smallest absolute Gasteiger partial charge is 0.0390 e. The summed E-state index contributed by atoms with van der Waals surface area (Å²) in [6.07, 6.45) is 7.05. The van der Waals surface area contributed by atoms with Crippen molar-refractivity contribution in [3.63, 3.8) is 0 Å². The summed E-state index contributed by atoms with van der Waals surface area (Å²) in [5.74, 6) is 3.08. The molecule has 20 heteroatoms. The SMILES string of the molecule is COc1cc(C)c(CN=C(N)N2CCC[C@H](CC(NCB=O)C(=O)N(C)OC)C2)c(C)c1C.COc1cc(C)c(CN=C(N)N2CCC[C@H](CC(NCB=O)C(=O)c3nccs3)C2)c(C)c1C. The average Bonchev–Trinajstić information content (AvgIpc) is 3.89. The van der Waals surface area contributed by atoms with Crippen LogP contribution in [0.1, 0.15) is 92.8 Å². The molecule has 4 atom stereocenters. The fourth-order valence-electron chi connectivity index (χ4n) is 8.97. The number of benzene rings is 2. The normalized spacial score (nSPS) is 17.4. The number of aryl methyl sites for hydroxylation is 2. The van der Waals surface area contributed by atoms with Crippen molar-refractivity contribution in [3.8, 4) is 11.5 Å². The molecule has 0 spiro atoms. The Hall–Kier alpha value is -5.04. The number of ether oxygens (including phenoxy) is 2. The minimum atomic E-state index is -0.490. The van der Waals surface area contributed by atoms with Gasteiger partial charge in [-0.25, -0.2) is 0 Å². The van der Waals surface area contributed by atoms with Gasteiger partial charge < -0.3 is 9.47 Å². The van der Waals surface area contributed by atoms with E-state index in [0.29, 0.717) is 42.9 Å². The molecule has 6 N–H and O–H groups in total. The Balaban J connectivity index is 0.000000293. The summed E-state index contributed by atoms with van der Waals surface area (Å²) in [4.78, 5) is 48.3. The molecule has 0 radical (unpaired) electrons. The third-order valence-corrected chi connectivity index (χ3v) is 14.0. The minimum Gasteiger partial charge on any atom is -0.0390 e. The Bertz CT molecular complexity index is 2190. The van der Waals surface area contributed by atoms with Gasteiger partial charge in [-0.05, 0) is 64.8 Å². The zero-order valence-corrected chi connectivity index (χ0v) is 42.1. The van der Waals surface area contributed by atoms with Crippen LogP contribution in [0, 0.1) is 53.4 Å². The number of methoxy groups -OCH3 is 2. The molecule has 2 unspecified atom stereocenters. The Morgan fingerprint density at radius 3 is 1.67 bits per heavy atom. The standard InChI is InChI=1S/C24H34BN5O3S.C23H38BN5O4/c1-15-10-21(33-4)17(3)16(2)19(15)12-28-24(26)30-8-5-6-18(13-30)11-20(29-14-25-32)22(31)23-27-7-9-34-23;1-15-10-21(32-5)17(3)16(2)19(15)12-26-23(25)29-9-7-8-18(13-29)11-20(27-14-24-31)22(30)28(4)33-6/h7,9-10,18,20,29H,5-6,8,11-14H2,1-4H3,(H2,26,28);10,18,20,27H,7-9,11-14H2,1-6H3,(H2,25,26)/t2*18-,20?/m11/s1. The number of rotatable bonds is 20. The predicted octanol–water partition coefficient (Wildman–Crippen LogP) is 4.36. The van der Waals surface area contributed by atoms with Crippen LogP contribution in [0.2, 0.25) is 0 Å². The van der Waals surface area contributed by atoms with Crippen LogP contribution in [0.25, 0.3) is 0 Å². The number of nitrogens with zero attached hydrogens (tertiary/aromatic N) is 6. The molecule has 2 aliphatic rings. The van der Waals surface area contributed by atoms with Crippen molar-refractivity contribution in [1.29, 1.82) is 0 Å². The molecular formula is C47H72B2N10O7S. The number of Topliss-reactive ketones (excluding diaryl/α,β-unsaturated/α-hetero) is 1. The number of carbonyl (C=O) groups excluding carboxylic acids is 2. The first-order valence-corrected chi connectivity index (χ1v) is 23.9. The van der Waals surface area contributed by atoms with Crippen molar-refractivity contribution < 1.29 is 33.3 Å². The van der Waals surface area contributed by atoms with Gasteiger partial charge in [-0.1, -0.05) is 0 Å². The van der Waals surface area contributed by atoms with Crippen LogP contribution in [0.5, 0.6) is 11.5 Å². The molecule has 3 heterocycles. The number of carbonyl (C=O) groups is 2. The van der Waals surface area contributed by atoms with Gasteiger partial charge in [-0.3, -0.25) is 0 Å². The Kier molecular flexibility index (Phi) is 22.1. The molecule has 364 valence electrons. The summed E-state index contributed by atoms with van der Waals surface area (Å²) in [7, 11) is 7.93. The number of ketones is 1. The molecule has 5 rings (SSSR count). The number of guanidine groups is 2. The third kappa shape index (κ3) is 15.2. The molecule has 0 aliphatic carbocycles. The van der Waals surface area contributed by atoms with E-state index in [1.54, 1.807) is 32.8 Å². The second-order valence-corrected chi connectivity index (χ2v) is 18.3. The number of aliphatic imine (C=N–C) groups is 2. The number of likely N-dealkylation sites (tertiary alicyclic amines) is 2. The van der Waals surface area contributed by atoms with E-state index in [-0.39, 0.29) is 36.4 Å². The monoisotopic (exact) mass is 943 g/mol. The predicted molar refractivity (Wildman–Crippen MR) is 266 cm³/mol. The second-order valence-electron chi connectivity index (χ2n) is 17.5. The summed E-state index contributed by atoms with van der Waals surface area (Å²) in [6, 6.07) is 3.16. The molecule has 17 nitrogen and oxygen atoms in total. The van der Waals surface area contributed by atoms with Gasteiger partial charge in [0.1, 0.15) is 11.5 Å². The molecular weight excluding hydrogens is 870 g/mol. The van der Waals surface area contributed by atoms with E-state index in [4.69, 9.17) is 35.8 Å². The van der Waals surface area contributed by atoms with E-state index in [0.717, 1.165) is 105 Å². The molecule has 0 saturated carbocycles. The van der Waals surface area contributed by atoms with Crippen LogP contribution in [-0.4, -0.2) is 137 Å². The van der Waals surface area contributed by atoms with Gasteiger partial charge in [0.2, 0.25) is 0 Å². The van der Waals surface area contributed by atoms with Crippen LogP contribution in [-0.2, 0) is 32.1 Å². The number of piperidine rings is 2. The molecule has 2 aliphatic heterocycles. The van der Waals surface area contributed by atoms with Crippen molar-refractivity contribution in [2.45, 2.75) is 105 Å². The second kappa shape index (κ2) is 27.1. The van der Waals surface area contributed by atoms with Gasteiger partial charge in [-0.15, -0.1) is 0 Å². The number of aromatic nitrogens is 1. The van der Waals surface area contributed by atoms with Crippen LogP contribution in [0.3, 0.4) is 0 Å². The van der Waals surface area contributed by atoms with Crippen molar-refractivity contribution >= 4 is 49.2 Å². The fraction of sp³-hybridized carbons (Fsp3) is 0.596. The first-order valence-electron chi connectivity index (χ1n) is 23.0. The molecule has 2 aromatic carbocycles. The topological polar surface area (TPSA) is 219 Å². The number of thiazole rings is 1. The van der Waals surface area contributed by atoms with E-state index in [2.05, 4.69) is 67.0 Å². The summed E-state index contributed by atoms with van der Waals surface area (Å²) in [6.45, 7) is 16.6. The van der Waals surface area contributed by atoms with Crippen LogP contribution in [0.15, 0.2) is 33.7 Å². The molecule has 1 aromatic heterocycles. The van der Waals surface area contributed by atoms with Crippen molar-refractivity contribution in [2.75, 3.05) is 67.4 Å². The Morgan fingerprint density at radius 2 is 1.25 bits per heavy atom. The zero-order valence-electron chi connectivity index (χ0n) is 41.3.